The molecule has 1 aliphatic carbocycles. The van der Waals surface area contributed by atoms with Gasteiger partial charge in [0, 0.05) is 11.6 Å². The summed E-state index contributed by atoms with van der Waals surface area (Å²) in [5, 5.41) is 0. The Morgan fingerprint density at radius 3 is 2.65 bits per heavy atom. The summed E-state index contributed by atoms with van der Waals surface area (Å²) in [4.78, 5) is -0.331. The van der Waals surface area contributed by atoms with Gasteiger partial charge < -0.3 is 5.73 Å². The minimum Gasteiger partial charge on any atom is -0.320 e. The summed E-state index contributed by atoms with van der Waals surface area (Å²) >= 11 is 0. The van der Waals surface area contributed by atoms with Crippen LogP contribution in [-0.4, -0.2) is 21.0 Å². The van der Waals surface area contributed by atoms with Crippen molar-refractivity contribution >= 4 is 10.0 Å². The van der Waals surface area contributed by atoms with Gasteiger partial charge in [-0.25, -0.2) is 17.5 Å². The lowest BCUT2D eigenvalue weighted by Crippen LogP contribution is -2.33. The lowest BCUT2D eigenvalue weighted by atomic mass is 10.2. The predicted octanol–water partition coefficient (Wildman–Crippen LogP) is 1.36. The average Bonchev–Trinajstić information content (AvgIpc) is 2.88. The third-order valence-corrected chi connectivity index (χ3v) is 4.79. The number of hydrogen-bond acceptors (Lipinski definition) is 3. The van der Waals surface area contributed by atoms with E-state index in [2.05, 4.69) is 16.6 Å². The van der Waals surface area contributed by atoms with Crippen molar-refractivity contribution in [3.05, 3.63) is 29.6 Å². The molecule has 0 heterocycles. The Labute approximate surface area is 118 Å². The molecule has 0 radical (unpaired) electrons. The van der Waals surface area contributed by atoms with E-state index in [-0.39, 0.29) is 17.5 Å². The number of benzene rings is 1. The zero-order valence-corrected chi connectivity index (χ0v) is 11.8. The van der Waals surface area contributed by atoms with Gasteiger partial charge in [0.2, 0.25) is 10.0 Å². The molecule has 0 saturated heterocycles. The Balaban J connectivity index is 2.23. The second-order valence-corrected chi connectivity index (χ2v) is 6.44. The molecule has 1 saturated carbocycles. The fourth-order valence-electron chi connectivity index (χ4n) is 2.28. The van der Waals surface area contributed by atoms with E-state index >= 15 is 0 Å². The summed E-state index contributed by atoms with van der Waals surface area (Å²) in [6, 6.07) is 3.75. The molecule has 0 aliphatic heterocycles. The van der Waals surface area contributed by atoms with Crippen molar-refractivity contribution < 1.29 is 12.8 Å². The first-order chi connectivity index (χ1) is 9.53. The molecule has 0 amide bonds. The van der Waals surface area contributed by atoms with Gasteiger partial charge in [0.15, 0.2) is 0 Å². The minimum atomic E-state index is -3.81. The van der Waals surface area contributed by atoms with Crippen LogP contribution < -0.4 is 10.5 Å². The maximum Gasteiger partial charge on any atom is 0.243 e. The van der Waals surface area contributed by atoms with Crippen LogP contribution in [-0.2, 0) is 10.0 Å². The monoisotopic (exact) mass is 296 g/mol. The van der Waals surface area contributed by atoms with Crippen LogP contribution in [0.3, 0.4) is 0 Å². The van der Waals surface area contributed by atoms with Crippen LogP contribution in [0.15, 0.2) is 23.1 Å². The van der Waals surface area contributed by atoms with Crippen LogP contribution in [0.5, 0.6) is 0 Å². The van der Waals surface area contributed by atoms with E-state index < -0.39 is 15.8 Å². The highest BCUT2D eigenvalue weighted by Gasteiger charge is 2.25. The van der Waals surface area contributed by atoms with Crippen molar-refractivity contribution in [3.63, 3.8) is 0 Å². The highest BCUT2D eigenvalue weighted by molar-refractivity contribution is 7.89. The molecule has 108 valence electrons. The highest BCUT2D eigenvalue weighted by Crippen LogP contribution is 2.22. The Hall–Kier alpha value is -1.42. The predicted molar refractivity (Wildman–Crippen MR) is 74.9 cm³/mol. The summed E-state index contributed by atoms with van der Waals surface area (Å²) in [6.07, 6.45) is 3.62. The number of nitrogens with one attached hydrogen (secondary N) is 1. The molecule has 1 aliphatic rings. The molecule has 0 bridgehead atoms. The topological polar surface area (TPSA) is 72.2 Å². The van der Waals surface area contributed by atoms with E-state index in [0.717, 1.165) is 31.7 Å². The van der Waals surface area contributed by atoms with E-state index in [4.69, 9.17) is 5.73 Å². The van der Waals surface area contributed by atoms with Crippen LogP contribution in [0.1, 0.15) is 31.2 Å². The first-order valence-electron chi connectivity index (χ1n) is 6.54. The van der Waals surface area contributed by atoms with Crippen molar-refractivity contribution in [3.8, 4) is 11.8 Å². The summed E-state index contributed by atoms with van der Waals surface area (Å²) in [6.45, 7) is 0.172. The normalized spacial score (nSPS) is 15.9. The van der Waals surface area contributed by atoms with Crippen molar-refractivity contribution in [2.24, 2.45) is 5.73 Å². The SMILES string of the molecule is NCC#Cc1ccc(S(=O)(=O)NC2CCCC2)c(F)c1. The molecule has 3 N–H and O–H groups in total. The third-order valence-electron chi connectivity index (χ3n) is 3.23. The highest BCUT2D eigenvalue weighted by atomic mass is 32.2. The van der Waals surface area contributed by atoms with Crippen LogP contribution >= 0.6 is 0 Å². The smallest absolute Gasteiger partial charge is 0.243 e. The van der Waals surface area contributed by atoms with Gasteiger partial charge in [0.1, 0.15) is 10.7 Å². The van der Waals surface area contributed by atoms with Crippen LogP contribution in [0, 0.1) is 17.7 Å². The van der Waals surface area contributed by atoms with Crippen LogP contribution in [0.2, 0.25) is 0 Å². The van der Waals surface area contributed by atoms with Crippen molar-refractivity contribution in [1.82, 2.24) is 4.72 Å². The van der Waals surface area contributed by atoms with E-state index in [0.29, 0.717) is 5.56 Å². The van der Waals surface area contributed by atoms with Gasteiger partial charge in [-0.3, -0.25) is 0 Å². The summed E-state index contributed by atoms with van der Waals surface area (Å²) < 4.78 is 40.7. The van der Waals surface area contributed by atoms with Gasteiger partial charge in [0.05, 0.1) is 6.54 Å². The number of halogens is 1. The molecule has 0 aromatic heterocycles. The molecule has 0 spiro atoms. The zero-order chi connectivity index (χ0) is 14.6. The zero-order valence-electron chi connectivity index (χ0n) is 11.0. The molecule has 1 fully saturated rings. The summed E-state index contributed by atoms with van der Waals surface area (Å²) in [7, 11) is -3.81. The number of hydrogen-bond donors (Lipinski definition) is 2. The van der Waals surface area contributed by atoms with Gasteiger partial charge in [-0.2, -0.15) is 0 Å². The number of sulfonamides is 1. The van der Waals surface area contributed by atoms with Crippen molar-refractivity contribution in [2.75, 3.05) is 6.54 Å². The molecule has 1 aromatic rings. The molecule has 0 unspecified atom stereocenters. The van der Waals surface area contributed by atoms with Crippen LogP contribution in [0.25, 0.3) is 0 Å². The lowest BCUT2D eigenvalue weighted by Gasteiger charge is -2.13. The fourth-order valence-corrected chi connectivity index (χ4v) is 3.64. The second-order valence-electron chi connectivity index (χ2n) is 4.75. The Morgan fingerprint density at radius 2 is 2.05 bits per heavy atom. The second kappa shape index (κ2) is 6.35. The fraction of sp³-hybridized carbons (Fsp3) is 0.429. The summed E-state index contributed by atoms with van der Waals surface area (Å²) in [5.74, 6) is 4.47. The van der Waals surface area contributed by atoms with Gasteiger partial charge >= 0.3 is 0 Å². The molecule has 4 nitrogen and oxygen atoms in total. The number of nitrogens with two attached hydrogens (primary N) is 1. The molecule has 2 rings (SSSR count). The van der Waals surface area contributed by atoms with Crippen LogP contribution in [0.4, 0.5) is 4.39 Å². The van der Waals surface area contributed by atoms with E-state index in [1.165, 1.54) is 12.1 Å². The van der Waals surface area contributed by atoms with Gasteiger partial charge in [0.25, 0.3) is 0 Å². The molecule has 1 aromatic carbocycles. The van der Waals surface area contributed by atoms with E-state index in [9.17, 15) is 12.8 Å². The Kier molecular flexibility index (Phi) is 4.76. The number of rotatable bonds is 3. The average molecular weight is 296 g/mol. The third kappa shape index (κ3) is 3.57. The van der Waals surface area contributed by atoms with E-state index in [1.54, 1.807) is 0 Å². The molecular formula is C14H17FN2O2S. The molecule has 6 heteroatoms. The van der Waals surface area contributed by atoms with Crippen molar-refractivity contribution in [1.29, 1.82) is 0 Å². The van der Waals surface area contributed by atoms with Gasteiger partial charge in [-0.15, -0.1) is 0 Å². The van der Waals surface area contributed by atoms with Crippen molar-refractivity contribution in [2.45, 2.75) is 36.6 Å². The first-order valence-corrected chi connectivity index (χ1v) is 8.02. The first kappa shape index (κ1) is 15.0. The largest absolute Gasteiger partial charge is 0.320 e. The maximum atomic E-state index is 13.9. The molecule has 0 atom stereocenters. The molecular weight excluding hydrogens is 279 g/mol. The Bertz CT molecular complexity index is 641. The van der Waals surface area contributed by atoms with Gasteiger partial charge in [-0.05, 0) is 31.0 Å². The Morgan fingerprint density at radius 1 is 1.35 bits per heavy atom. The maximum absolute atomic E-state index is 13.9. The molecule has 20 heavy (non-hydrogen) atoms. The standard InChI is InChI=1S/C14H17FN2O2S/c15-13-10-11(4-3-9-16)7-8-14(13)20(18,19)17-12-5-1-2-6-12/h7-8,10,12,17H,1-2,5-6,9,16H2. The minimum absolute atomic E-state index is 0.0869. The van der Waals surface area contributed by atoms with Gasteiger partial charge in [-0.1, -0.05) is 24.7 Å². The van der Waals surface area contributed by atoms with E-state index in [1.807, 2.05) is 0 Å². The quantitative estimate of drug-likeness (QED) is 0.827. The lowest BCUT2D eigenvalue weighted by molar-refractivity contribution is 0.536. The summed E-state index contributed by atoms with van der Waals surface area (Å²) in [5.41, 5.74) is 5.64.